The van der Waals surface area contributed by atoms with E-state index in [-0.39, 0.29) is 12.3 Å². The van der Waals surface area contributed by atoms with Crippen LogP contribution in [0.5, 0.6) is 5.75 Å². The first kappa shape index (κ1) is 20.6. The molecule has 0 bridgehead atoms. The maximum Gasteiger partial charge on any atom is 0.306 e. The average molecular weight is 399 g/mol. The molecule has 1 aromatic heterocycles. The van der Waals surface area contributed by atoms with Gasteiger partial charge in [-0.15, -0.1) is 0 Å². The van der Waals surface area contributed by atoms with Crippen LogP contribution in [0.15, 0.2) is 24.3 Å². The quantitative estimate of drug-likeness (QED) is 0.663. The zero-order chi connectivity index (χ0) is 21.0. The molecule has 154 valence electrons. The number of hydrogen-bond donors (Lipinski definition) is 0. The molecule has 1 saturated heterocycles. The number of esters is 1. The van der Waals surface area contributed by atoms with Crippen LogP contribution in [-0.2, 0) is 25.5 Å². The lowest BCUT2D eigenvalue weighted by Crippen LogP contribution is -2.35. The van der Waals surface area contributed by atoms with E-state index in [2.05, 4.69) is 5.10 Å². The molecule has 8 heteroatoms. The third-order valence-electron chi connectivity index (χ3n) is 5.05. The molecule has 3 rings (SSSR count). The van der Waals surface area contributed by atoms with Crippen molar-refractivity contribution in [3.05, 3.63) is 41.2 Å². The van der Waals surface area contributed by atoms with Crippen LogP contribution < -0.4 is 4.74 Å². The van der Waals surface area contributed by atoms with E-state index in [1.54, 1.807) is 7.11 Å². The minimum Gasteiger partial charge on any atom is -0.497 e. The molecule has 0 spiro atoms. The Labute approximate surface area is 169 Å². The molecule has 8 nitrogen and oxygen atoms in total. The maximum absolute atomic E-state index is 12.1. The smallest absolute Gasteiger partial charge is 0.306 e. The first-order valence-electron chi connectivity index (χ1n) is 9.59. The van der Waals surface area contributed by atoms with Crippen LogP contribution in [0, 0.1) is 13.8 Å². The summed E-state index contributed by atoms with van der Waals surface area (Å²) in [5, 5.41) is 4.58. The van der Waals surface area contributed by atoms with Crippen LogP contribution in [-0.4, -0.2) is 52.7 Å². The Hall–Kier alpha value is -3.16. The van der Waals surface area contributed by atoms with Crippen molar-refractivity contribution in [1.29, 1.82) is 0 Å². The third-order valence-corrected chi connectivity index (χ3v) is 5.05. The van der Waals surface area contributed by atoms with Crippen molar-refractivity contribution in [3.8, 4) is 11.4 Å². The number of benzene rings is 1. The van der Waals surface area contributed by atoms with Gasteiger partial charge in [-0.3, -0.25) is 19.3 Å². The predicted octanol–water partition coefficient (Wildman–Crippen LogP) is 2.12. The van der Waals surface area contributed by atoms with Gasteiger partial charge >= 0.3 is 5.97 Å². The number of rotatable bonds is 7. The first-order valence-corrected chi connectivity index (χ1v) is 9.59. The largest absolute Gasteiger partial charge is 0.497 e. The Kier molecular flexibility index (Phi) is 6.31. The van der Waals surface area contributed by atoms with Crippen molar-refractivity contribution in [2.24, 2.45) is 0 Å². The normalized spacial score (nSPS) is 13.6. The Balaban J connectivity index is 1.59. The lowest BCUT2D eigenvalue weighted by molar-refractivity contribution is -0.154. The van der Waals surface area contributed by atoms with Gasteiger partial charge in [-0.1, -0.05) is 6.07 Å². The van der Waals surface area contributed by atoms with Crippen LogP contribution in [0.1, 0.15) is 36.2 Å². The van der Waals surface area contributed by atoms with Crippen LogP contribution >= 0.6 is 0 Å². The number of methoxy groups -OCH3 is 1. The summed E-state index contributed by atoms with van der Waals surface area (Å²) >= 11 is 0. The van der Waals surface area contributed by atoms with Gasteiger partial charge in [-0.25, -0.2) is 4.68 Å². The highest BCUT2D eigenvalue weighted by atomic mass is 16.5. The van der Waals surface area contributed by atoms with Gasteiger partial charge in [0.25, 0.3) is 5.91 Å². The summed E-state index contributed by atoms with van der Waals surface area (Å²) in [6, 6.07) is 7.58. The van der Waals surface area contributed by atoms with Gasteiger partial charge in [0.15, 0.2) is 6.61 Å². The number of ether oxygens (including phenoxy) is 2. The minimum absolute atomic E-state index is 0.132. The van der Waals surface area contributed by atoms with Crippen molar-refractivity contribution in [2.45, 2.75) is 39.5 Å². The molecule has 1 aliphatic rings. The fourth-order valence-corrected chi connectivity index (χ4v) is 3.46. The molecule has 0 aliphatic carbocycles. The number of amides is 2. The summed E-state index contributed by atoms with van der Waals surface area (Å²) in [7, 11) is 1.61. The predicted molar refractivity (Wildman–Crippen MR) is 105 cm³/mol. The lowest BCUT2D eigenvalue weighted by Gasteiger charge is -2.13. The molecule has 1 aromatic carbocycles. The average Bonchev–Trinajstić information content (AvgIpc) is 3.27. The van der Waals surface area contributed by atoms with E-state index in [9.17, 15) is 14.4 Å². The van der Waals surface area contributed by atoms with E-state index in [0.29, 0.717) is 25.8 Å². The Morgan fingerprint density at radius 3 is 2.72 bits per heavy atom. The van der Waals surface area contributed by atoms with Gasteiger partial charge in [-0.2, -0.15) is 5.10 Å². The molecule has 0 unspecified atom stereocenters. The number of aromatic nitrogens is 2. The van der Waals surface area contributed by atoms with Gasteiger partial charge in [0.2, 0.25) is 5.91 Å². The van der Waals surface area contributed by atoms with Crippen LogP contribution in [0.2, 0.25) is 0 Å². The van der Waals surface area contributed by atoms with E-state index in [0.717, 1.165) is 33.3 Å². The third kappa shape index (κ3) is 4.64. The first-order chi connectivity index (χ1) is 13.9. The van der Waals surface area contributed by atoms with Gasteiger partial charge in [0, 0.05) is 31.1 Å². The molecule has 0 saturated carbocycles. The highest BCUT2D eigenvalue weighted by Gasteiger charge is 2.27. The molecule has 0 atom stereocenters. The number of aryl methyl sites for hydroxylation is 1. The molecular formula is C21H25N3O5. The number of nitrogens with zero attached hydrogens (tertiary/aromatic N) is 3. The lowest BCUT2D eigenvalue weighted by atomic mass is 10.1. The summed E-state index contributed by atoms with van der Waals surface area (Å²) in [5.41, 5.74) is 3.60. The number of imide groups is 1. The van der Waals surface area contributed by atoms with Gasteiger partial charge < -0.3 is 9.47 Å². The zero-order valence-electron chi connectivity index (χ0n) is 16.9. The Bertz CT molecular complexity index is 934. The highest BCUT2D eigenvalue weighted by molar-refractivity contribution is 5.97. The monoisotopic (exact) mass is 399 g/mol. The summed E-state index contributed by atoms with van der Waals surface area (Å²) < 4.78 is 12.1. The second-order valence-corrected chi connectivity index (χ2v) is 6.97. The Morgan fingerprint density at radius 1 is 1.24 bits per heavy atom. The SMILES string of the molecule is COc1cccc(-n2nc(C)c(CCC(=O)OCC(=O)N3CCCC3=O)c2C)c1. The zero-order valence-corrected chi connectivity index (χ0v) is 16.9. The second-order valence-electron chi connectivity index (χ2n) is 6.97. The molecule has 1 fully saturated rings. The van der Waals surface area contributed by atoms with Gasteiger partial charge in [-0.05, 0) is 44.4 Å². The van der Waals surface area contributed by atoms with E-state index in [1.807, 2.05) is 42.8 Å². The summed E-state index contributed by atoms with van der Waals surface area (Å²) in [5.74, 6) is -0.402. The summed E-state index contributed by atoms with van der Waals surface area (Å²) in [6.45, 7) is 3.85. The van der Waals surface area contributed by atoms with Crippen LogP contribution in [0.25, 0.3) is 5.69 Å². The summed E-state index contributed by atoms with van der Waals surface area (Å²) in [6.07, 6.45) is 1.62. The van der Waals surface area contributed by atoms with Gasteiger partial charge in [0.1, 0.15) is 5.75 Å². The molecule has 2 aromatic rings. The fourth-order valence-electron chi connectivity index (χ4n) is 3.46. The van der Waals surface area contributed by atoms with Crippen LogP contribution in [0.3, 0.4) is 0 Å². The molecule has 29 heavy (non-hydrogen) atoms. The standard InChI is InChI=1S/C21H25N3O5/c1-14-18(15(2)24(22-14)16-6-4-7-17(12-16)28-3)9-10-21(27)29-13-20(26)23-11-5-8-19(23)25/h4,6-7,12H,5,8-11,13H2,1-3H3. The molecule has 0 N–H and O–H groups in total. The number of carbonyl (C=O) groups is 3. The topological polar surface area (TPSA) is 90.7 Å². The Morgan fingerprint density at radius 2 is 2.03 bits per heavy atom. The molecule has 2 amide bonds. The minimum atomic E-state index is -0.474. The van der Waals surface area contributed by atoms with E-state index >= 15 is 0 Å². The summed E-state index contributed by atoms with van der Waals surface area (Å²) in [4.78, 5) is 36.7. The maximum atomic E-state index is 12.1. The number of likely N-dealkylation sites (tertiary alicyclic amines) is 1. The van der Waals surface area contributed by atoms with E-state index < -0.39 is 18.5 Å². The van der Waals surface area contributed by atoms with E-state index in [4.69, 9.17) is 9.47 Å². The van der Waals surface area contributed by atoms with E-state index in [1.165, 1.54) is 0 Å². The molecular weight excluding hydrogens is 374 g/mol. The molecule has 0 radical (unpaired) electrons. The van der Waals surface area contributed by atoms with Crippen LogP contribution in [0.4, 0.5) is 0 Å². The number of carbonyl (C=O) groups excluding carboxylic acids is 3. The van der Waals surface area contributed by atoms with Crippen molar-refractivity contribution in [3.63, 3.8) is 0 Å². The van der Waals surface area contributed by atoms with Crippen molar-refractivity contribution in [2.75, 3.05) is 20.3 Å². The number of hydrogen-bond acceptors (Lipinski definition) is 6. The van der Waals surface area contributed by atoms with Crippen molar-refractivity contribution >= 4 is 17.8 Å². The highest BCUT2D eigenvalue weighted by Crippen LogP contribution is 2.22. The van der Waals surface area contributed by atoms with Crippen molar-refractivity contribution < 1.29 is 23.9 Å². The second kappa shape index (κ2) is 8.89. The fraction of sp³-hybridized carbons (Fsp3) is 0.429. The molecule has 1 aliphatic heterocycles. The molecule has 2 heterocycles. The van der Waals surface area contributed by atoms with Crippen molar-refractivity contribution in [1.82, 2.24) is 14.7 Å². The van der Waals surface area contributed by atoms with Gasteiger partial charge in [0.05, 0.1) is 18.5 Å².